The number of nitrogens with zero attached hydrogens (tertiary/aromatic N) is 2. The maximum absolute atomic E-state index is 12.9. The van der Waals surface area contributed by atoms with E-state index in [1.807, 2.05) is 0 Å². The van der Waals surface area contributed by atoms with Crippen LogP contribution in [0.3, 0.4) is 0 Å². The highest BCUT2D eigenvalue weighted by Crippen LogP contribution is 2.21. The van der Waals surface area contributed by atoms with Gasteiger partial charge in [-0.05, 0) is 43.5 Å². The molecule has 2 aromatic rings. The van der Waals surface area contributed by atoms with Crippen LogP contribution in [-0.2, 0) is 10.5 Å². The largest absolute Gasteiger partial charge is 0.377 e. The quantitative estimate of drug-likeness (QED) is 0.843. The molecule has 1 aliphatic heterocycles. The van der Waals surface area contributed by atoms with Crippen LogP contribution in [0.5, 0.6) is 0 Å². The third-order valence-electron chi connectivity index (χ3n) is 3.37. The first-order valence-electron chi connectivity index (χ1n) is 7.09. The molecule has 4 nitrogen and oxygen atoms in total. The van der Waals surface area contributed by atoms with E-state index >= 15 is 0 Å². The van der Waals surface area contributed by atoms with Crippen molar-refractivity contribution in [1.82, 2.24) is 10.1 Å². The second-order valence-electron chi connectivity index (χ2n) is 5.03. The van der Waals surface area contributed by atoms with Crippen LogP contribution in [0, 0.1) is 5.82 Å². The van der Waals surface area contributed by atoms with Crippen LogP contribution in [0.4, 0.5) is 4.39 Å². The van der Waals surface area contributed by atoms with Crippen LogP contribution in [0.1, 0.15) is 25.1 Å². The van der Waals surface area contributed by atoms with Gasteiger partial charge in [0.2, 0.25) is 0 Å². The molecule has 1 aliphatic rings. The molecular formula is C15H17FN2O2S. The third-order valence-corrected chi connectivity index (χ3v) is 4.44. The van der Waals surface area contributed by atoms with E-state index in [4.69, 9.17) is 9.26 Å². The molecule has 6 heteroatoms. The van der Waals surface area contributed by atoms with Gasteiger partial charge in [-0.15, -0.1) is 0 Å². The van der Waals surface area contributed by atoms with Crippen LogP contribution < -0.4 is 0 Å². The predicted octanol–water partition coefficient (Wildman–Crippen LogP) is 3.68. The minimum atomic E-state index is -0.276. The summed E-state index contributed by atoms with van der Waals surface area (Å²) < 4.78 is 23.8. The molecule has 0 N–H and O–H groups in total. The fourth-order valence-electron chi connectivity index (χ4n) is 2.24. The Balaban J connectivity index is 1.51. The lowest BCUT2D eigenvalue weighted by Crippen LogP contribution is -2.21. The smallest absolute Gasteiger partial charge is 0.257 e. The molecule has 0 radical (unpaired) electrons. The summed E-state index contributed by atoms with van der Waals surface area (Å²) in [6, 6.07) is 6.04. The van der Waals surface area contributed by atoms with Gasteiger partial charge < -0.3 is 9.26 Å². The Labute approximate surface area is 127 Å². The van der Waals surface area contributed by atoms with E-state index < -0.39 is 0 Å². The Kier molecular flexibility index (Phi) is 4.87. The molecule has 1 unspecified atom stereocenters. The molecule has 1 saturated heterocycles. The maximum atomic E-state index is 12.9. The maximum Gasteiger partial charge on any atom is 0.257 e. The van der Waals surface area contributed by atoms with Crippen LogP contribution in [0.25, 0.3) is 11.5 Å². The molecule has 0 bridgehead atoms. The SMILES string of the molecule is Fc1ccc(-c2nc(CSCC3CCCCO3)no2)cc1. The van der Waals surface area contributed by atoms with Gasteiger partial charge in [0.05, 0.1) is 11.9 Å². The molecule has 1 fully saturated rings. The number of hydrogen-bond acceptors (Lipinski definition) is 5. The van der Waals surface area contributed by atoms with Crippen molar-refractivity contribution < 1.29 is 13.7 Å². The normalized spacial score (nSPS) is 18.8. The minimum absolute atomic E-state index is 0.276. The summed E-state index contributed by atoms with van der Waals surface area (Å²) in [6.07, 6.45) is 3.92. The second-order valence-corrected chi connectivity index (χ2v) is 6.06. The predicted molar refractivity (Wildman–Crippen MR) is 79.4 cm³/mol. The number of thioether (sulfide) groups is 1. The van der Waals surface area contributed by atoms with Crippen LogP contribution in [0.15, 0.2) is 28.8 Å². The topological polar surface area (TPSA) is 48.2 Å². The second kappa shape index (κ2) is 7.04. The molecule has 0 saturated carbocycles. The zero-order chi connectivity index (χ0) is 14.5. The summed E-state index contributed by atoms with van der Waals surface area (Å²) >= 11 is 1.75. The average molecular weight is 308 g/mol. The van der Waals surface area contributed by atoms with Gasteiger partial charge in [0, 0.05) is 17.9 Å². The number of hydrogen-bond donors (Lipinski definition) is 0. The van der Waals surface area contributed by atoms with Crippen LogP contribution in [-0.4, -0.2) is 28.6 Å². The molecule has 21 heavy (non-hydrogen) atoms. The summed E-state index contributed by atoms with van der Waals surface area (Å²) in [7, 11) is 0. The van der Waals surface area contributed by atoms with Crippen molar-refractivity contribution in [2.75, 3.05) is 12.4 Å². The number of benzene rings is 1. The highest BCUT2D eigenvalue weighted by Gasteiger charge is 2.15. The van der Waals surface area contributed by atoms with Gasteiger partial charge in [0.15, 0.2) is 5.82 Å². The fraction of sp³-hybridized carbons (Fsp3) is 0.467. The average Bonchev–Trinajstić information content (AvgIpc) is 2.98. The first-order valence-corrected chi connectivity index (χ1v) is 8.24. The van der Waals surface area contributed by atoms with E-state index in [-0.39, 0.29) is 5.82 Å². The Hall–Kier alpha value is -1.40. The van der Waals surface area contributed by atoms with Gasteiger partial charge in [-0.2, -0.15) is 16.7 Å². The number of rotatable bonds is 5. The van der Waals surface area contributed by atoms with Crippen molar-refractivity contribution in [3.63, 3.8) is 0 Å². The highest BCUT2D eigenvalue weighted by molar-refractivity contribution is 7.98. The fourth-order valence-corrected chi connectivity index (χ4v) is 3.19. The van der Waals surface area contributed by atoms with Gasteiger partial charge in [-0.25, -0.2) is 4.39 Å². The summed E-state index contributed by atoms with van der Waals surface area (Å²) in [5.74, 6) is 2.47. The zero-order valence-corrected chi connectivity index (χ0v) is 12.4. The van der Waals surface area contributed by atoms with Gasteiger partial charge >= 0.3 is 0 Å². The molecule has 1 aromatic carbocycles. The van der Waals surface area contributed by atoms with Crippen molar-refractivity contribution in [3.8, 4) is 11.5 Å². The summed E-state index contributed by atoms with van der Waals surface area (Å²) in [5.41, 5.74) is 0.732. The number of halogens is 1. The highest BCUT2D eigenvalue weighted by atomic mass is 32.2. The van der Waals surface area contributed by atoms with Crippen LogP contribution in [0.2, 0.25) is 0 Å². The molecular weight excluding hydrogens is 291 g/mol. The Bertz CT molecular complexity index is 567. The van der Waals surface area contributed by atoms with Crippen LogP contribution >= 0.6 is 11.8 Å². The molecule has 0 amide bonds. The van der Waals surface area contributed by atoms with Gasteiger partial charge in [0.25, 0.3) is 5.89 Å². The number of aromatic nitrogens is 2. The van der Waals surface area contributed by atoms with E-state index in [0.717, 1.165) is 24.3 Å². The molecule has 1 atom stereocenters. The molecule has 0 spiro atoms. The first kappa shape index (κ1) is 14.5. The Morgan fingerprint density at radius 1 is 1.24 bits per heavy atom. The van der Waals surface area contributed by atoms with E-state index in [2.05, 4.69) is 10.1 Å². The monoisotopic (exact) mass is 308 g/mol. The standard InChI is InChI=1S/C15H17FN2O2S/c16-12-6-4-11(5-7-12)15-17-14(18-20-15)10-21-9-13-3-1-2-8-19-13/h4-7,13H,1-3,8-10H2. The van der Waals surface area contributed by atoms with Crippen molar-refractivity contribution in [2.45, 2.75) is 31.1 Å². The summed E-state index contributed by atoms with van der Waals surface area (Å²) in [6.45, 7) is 0.877. The minimum Gasteiger partial charge on any atom is -0.377 e. The van der Waals surface area contributed by atoms with E-state index in [1.165, 1.54) is 25.0 Å². The molecule has 2 heterocycles. The molecule has 112 valence electrons. The molecule has 1 aromatic heterocycles. The van der Waals surface area contributed by atoms with Crippen molar-refractivity contribution in [1.29, 1.82) is 0 Å². The Morgan fingerprint density at radius 2 is 2.10 bits per heavy atom. The first-order chi connectivity index (χ1) is 10.3. The number of ether oxygens (including phenoxy) is 1. The zero-order valence-electron chi connectivity index (χ0n) is 11.6. The van der Waals surface area contributed by atoms with Gasteiger partial charge in [-0.3, -0.25) is 0 Å². The van der Waals surface area contributed by atoms with E-state index in [9.17, 15) is 4.39 Å². The van der Waals surface area contributed by atoms with Gasteiger partial charge in [0.1, 0.15) is 5.82 Å². The Morgan fingerprint density at radius 3 is 2.86 bits per heavy atom. The lowest BCUT2D eigenvalue weighted by atomic mass is 10.1. The molecule has 3 rings (SSSR count). The lowest BCUT2D eigenvalue weighted by molar-refractivity contribution is 0.0315. The van der Waals surface area contributed by atoms with Gasteiger partial charge in [-0.1, -0.05) is 5.16 Å². The van der Waals surface area contributed by atoms with Crippen molar-refractivity contribution in [3.05, 3.63) is 35.9 Å². The van der Waals surface area contributed by atoms with Crippen molar-refractivity contribution >= 4 is 11.8 Å². The van der Waals surface area contributed by atoms with E-state index in [1.54, 1.807) is 23.9 Å². The van der Waals surface area contributed by atoms with Crippen molar-refractivity contribution in [2.24, 2.45) is 0 Å². The summed E-state index contributed by atoms with van der Waals surface area (Å²) in [5, 5.41) is 3.96. The summed E-state index contributed by atoms with van der Waals surface area (Å²) in [4.78, 5) is 4.33. The third kappa shape index (κ3) is 4.04. The molecule has 0 aliphatic carbocycles. The lowest BCUT2D eigenvalue weighted by Gasteiger charge is -2.21. The van der Waals surface area contributed by atoms with E-state index in [0.29, 0.717) is 23.6 Å².